The van der Waals surface area contributed by atoms with Crippen molar-refractivity contribution in [3.8, 4) is 0 Å². The van der Waals surface area contributed by atoms with Crippen LogP contribution in [0.2, 0.25) is 0 Å². The van der Waals surface area contributed by atoms with Crippen LogP contribution >= 0.6 is 0 Å². The van der Waals surface area contributed by atoms with Gasteiger partial charge in [-0.25, -0.2) is 9.18 Å². The lowest BCUT2D eigenvalue weighted by Crippen LogP contribution is -2.54. The zero-order chi connectivity index (χ0) is 14.6. The molecule has 114 valence electrons. The Bertz CT molecular complexity index is 413. The summed E-state index contributed by atoms with van der Waals surface area (Å²) in [5.41, 5.74) is 0.0422. The van der Waals surface area contributed by atoms with Crippen LogP contribution in [0.25, 0.3) is 0 Å². The summed E-state index contributed by atoms with van der Waals surface area (Å²) in [6, 6.07) is 0. The summed E-state index contributed by atoms with van der Waals surface area (Å²) < 4.78 is 18.8. The summed E-state index contributed by atoms with van der Waals surface area (Å²) in [5.74, 6) is 0.103. The minimum atomic E-state index is -1.52. The molecule has 0 aromatic rings. The fraction of sp³-hybridized carbons (Fsp3) is 0.941. The van der Waals surface area contributed by atoms with Gasteiger partial charge in [-0.05, 0) is 77.0 Å². The van der Waals surface area contributed by atoms with Gasteiger partial charge in [0.2, 0.25) is 0 Å². The Morgan fingerprint density at radius 3 is 2.75 bits per heavy atom. The van der Waals surface area contributed by atoms with E-state index in [1.54, 1.807) is 0 Å². The molecule has 0 saturated heterocycles. The number of ether oxygens (including phenoxy) is 1. The molecule has 2 nitrogen and oxygen atoms in total. The van der Waals surface area contributed by atoms with Crippen molar-refractivity contribution in [1.29, 1.82) is 0 Å². The second kappa shape index (κ2) is 4.45. The average Bonchev–Trinajstić information content (AvgIpc) is 2.66. The molecule has 3 heteroatoms. The van der Waals surface area contributed by atoms with E-state index in [2.05, 4.69) is 0 Å². The highest BCUT2D eigenvalue weighted by Crippen LogP contribution is 2.67. The quantitative estimate of drug-likeness (QED) is 0.716. The third-order valence-electron chi connectivity index (χ3n) is 6.52. The largest absolute Gasteiger partial charge is 0.457 e. The Morgan fingerprint density at radius 2 is 2.05 bits per heavy atom. The summed E-state index contributed by atoms with van der Waals surface area (Å²) >= 11 is 0. The number of carbonyl (C=O) groups is 1. The molecule has 3 aliphatic rings. The number of hydrogen-bond donors (Lipinski definition) is 0. The second-order valence-corrected chi connectivity index (χ2v) is 8.17. The van der Waals surface area contributed by atoms with Gasteiger partial charge < -0.3 is 4.74 Å². The van der Waals surface area contributed by atoms with E-state index in [1.165, 1.54) is 45.4 Å². The minimum Gasteiger partial charge on any atom is -0.457 e. The highest BCUT2D eigenvalue weighted by Gasteiger charge is 2.60. The van der Waals surface area contributed by atoms with Crippen LogP contribution in [0.4, 0.5) is 4.39 Å². The van der Waals surface area contributed by atoms with E-state index in [4.69, 9.17) is 4.74 Å². The van der Waals surface area contributed by atoms with E-state index in [0.717, 1.165) is 18.8 Å². The molecule has 3 saturated carbocycles. The molecule has 3 bridgehead atoms. The van der Waals surface area contributed by atoms with Gasteiger partial charge in [-0.2, -0.15) is 0 Å². The zero-order valence-electron chi connectivity index (χ0n) is 13.0. The zero-order valence-corrected chi connectivity index (χ0v) is 13.0. The number of esters is 1. The smallest absolute Gasteiger partial charge is 0.340 e. The predicted octanol–water partition coefficient (Wildman–Crippen LogP) is 4.42. The van der Waals surface area contributed by atoms with Crippen LogP contribution < -0.4 is 0 Å². The topological polar surface area (TPSA) is 26.3 Å². The molecule has 4 atom stereocenters. The normalized spacial score (nSPS) is 41.3. The van der Waals surface area contributed by atoms with E-state index >= 15 is 0 Å². The first-order valence-electron chi connectivity index (χ1n) is 8.15. The first-order valence-corrected chi connectivity index (χ1v) is 8.15. The molecule has 3 aliphatic carbocycles. The van der Waals surface area contributed by atoms with Crippen LogP contribution in [0.1, 0.15) is 72.1 Å². The second-order valence-electron chi connectivity index (χ2n) is 8.17. The molecule has 0 aromatic carbocycles. The van der Waals surface area contributed by atoms with Gasteiger partial charge in [-0.15, -0.1) is 0 Å². The van der Waals surface area contributed by atoms with E-state index in [-0.39, 0.29) is 5.41 Å². The Labute approximate surface area is 121 Å². The van der Waals surface area contributed by atoms with Crippen molar-refractivity contribution in [3.63, 3.8) is 0 Å². The molecule has 0 aromatic heterocycles. The van der Waals surface area contributed by atoms with Crippen molar-refractivity contribution in [2.45, 2.75) is 83.9 Å². The average molecular weight is 282 g/mol. The van der Waals surface area contributed by atoms with Crippen molar-refractivity contribution in [3.05, 3.63) is 0 Å². The molecule has 0 heterocycles. The minimum absolute atomic E-state index is 0.0786. The number of carbonyl (C=O) groups excluding carboxylic acids is 1. The van der Waals surface area contributed by atoms with Crippen LogP contribution in [-0.4, -0.2) is 17.7 Å². The maximum atomic E-state index is 13.2. The van der Waals surface area contributed by atoms with Crippen molar-refractivity contribution in [1.82, 2.24) is 0 Å². The highest BCUT2D eigenvalue weighted by atomic mass is 19.1. The fourth-order valence-corrected chi connectivity index (χ4v) is 5.51. The first kappa shape index (κ1) is 14.3. The third-order valence-corrected chi connectivity index (χ3v) is 6.52. The van der Waals surface area contributed by atoms with E-state index in [9.17, 15) is 9.18 Å². The molecule has 1 spiro atoms. The number of fused-ring (bicyclic) bond motifs is 2. The van der Waals surface area contributed by atoms with Crippen LogP contribution in [0.5, 0.6) is 0 Å². The fourth-order valence-electron chi connectivity index (χ4n) is 5.51. The lowest BCUT2D eigenvalue weighted by atomic mass is 9.50. The number of alkyl halides is 1. The Morgan fingerprint density at radius 1 is 1.30 bits per heavy atom. The van der Waals surface area contributed by atoms with Crippen molar-refractivity contribution >= 4 is 5.97 Å². The highest BCUT2D eigenvalue weighted by molar-refractivity contribution is 5.74. The Kier molecular flexibility index (Phi) is 3.19. The SMILES string of the molecule is CC(F)C(=O)OC(C)(C)C12CCCC3(CCC(C3)C1)C2. The van der Waals surface area contributed by atoms with Gasteiger partial charge in [0.25, 0.3) is 0 Å². The van der Waals surface area contributed by atoms with Crippen molar-refractivity contribution in [2.24, 2.45) is 16.7 Å². The molecule has 3 rings (SSSR count). The van der Waals surface area contributed by atoms with Gasteiger partial charge in [0.1, 0.15) is 5.60 Å². The molecule has 0 amide bonds. The summed E-state index contributed by atoms with van der Waals surface area (Å²) in [4.78, 5) is 11.7. The van der Waals surface area contributed by atoms with E-state index < -0.39 is 17.7 Å². The summed E-state index contributed by atoms with van der Waals surface area (Å²) in [7, 11) is 0. The number of halogens is 1. The van der Waals surface area contributed by atoms with Crippen LogP contribution in [-0.2, 0) is 9.53 Å². The number of hydrogen-bond acceptors (Lipinski definition) is 2. The van der Waals surface area contributed by atoms with Crippen molar-refractivity contribution in [2.75, 3.05) is 0 Å². The lowest BCUT2D eigenvalue weighted by Gasteiger charge is -2.57. The molecular formula is C17H27FO2. The Balaban J connectivity index is 1.85. The summed E-state index contributed by atoms with van der Waals surface area (Å²) in [6.07, 6.45) is 8.59. The van der Waals surface area contributed by atoms with Crippen LogP contribution in [0.3, 0.4) is 0 Å². The summed E-state index contributed by atoms with van der Waals surface area (Å²) in [6.45, 7) is 5.29. The summed E-state index contributed by atoms with van der Waals surface area (Å²) in [5, 5.41) is 0. The molecule has 0 N–H and O–H groups in total. The number of rotatable bonds is 3. The van der Waals surface area contributed by atoms with Gasteiger partial charge in [-0.1, -0.05) is 6.42 Å². The lowest BCUT2D eigenvalue weighted by molar-refractivity contribution is -0.191. The van der Waals surface area contributed by atoms with Gasteiger partial charge in [0.15, 0.2) is 6.17 Å². The molecule has 20 heavy (non-hydrogen) atoms. The molecule has 0 aliphatic heterocycles. The first-order chi connectivity index (χ1) is 9.28. The van der Waals surface area contributed by atoms with Gasteiger partial charge in [-0.3, -0.25) is 0 Å². The van der Waals surface area contributed by atoms with Crippen LogP contribution in [0, 0.1) is 16.7 Å². The third kappa shape index (κ3) is 2.08. The van der Waals surface area contributed by atoms with Gasteiger partial charge >= 0.3 is 5.97 Å². The van der Waals surface area contributed by atoms with Crippen molar-refractivity contribution < 1.29 is 13.9 Å². The standard InChI is InChI=1S/C17H27FO2/c1-12(18)14(19)20-15(2,3)17-7-4-6-16(11-17)8-5-13(9-16)10-17/h12-13H,4-11H2,1-3H3. The van der Waals surface area contributed by atoms with Gasteiger partial charge in [0, 0.05) is 5.41 Å². The maximum Gasteiger partial charge on any atom is 0.340 e. The van der Waals surface area contributed by atoms with E-state index in [1.807, 2.05) is 13.8 Å². The molecular weight excluding hydrogens is 255 g/mol. The van der Waals surface area contributed by atoms with Crippen LogP contribution in [0.15, 0.2) is 0 Å². The predicted molar refractivity (Wildman–Crippen MR) is 76.0 cm³/mol. The Hall–Kier alpha value is -0.600. The molecule has 0 radical (unpaired) electrons. The van der Waals surface area contributed by atoms with Gasteiger partial charge in [0.05, 0.1) is 0 Å². The molecule has 3 fully saturated rings. The monoisotopic (exact) mass is 282 g/mol. The van der Waals surface area contributed by atoms with E-state index in [0.29, 0.717) is 5.41 Å². The molecule has 4 unspecified atom stereocenters. The maximum absolute atomic E-state index is 13.2.